The lowest BCUT2D eigenvalue weighted by Gasteiger charge is -2.08. The van der Waals surface area contributed by atoms with Crippen LogP contribution in [0.25, 0.3) is 6.08 Å². The summed E-state index contributed by atoms with van der Waals surface area (Å²) in [5, 5.41) is 2.84. The van der Waals surface area contributed by atoms with Crippen molar-refractivity contribution in [2.45, 2.75) is 26.7 Å². The topological polar surface area (TPSA) is 47.6 Å². The van der Waals surface area contributed by atoms with E-state index in [1.54, 1.807) is 6.08 Å². The van der Waals surface area contributed by atoms with Crippen molar-refractivity contribution < 1.29 is 14.3 Å². The van der Waals surface area contributed by atoms with Crippen molar-refractivity contribution >= 4 is 33.6 Å². The van der Waals surface area contributed by atoms with Crippen molar-refractivity contribution in [2.24, 2.45) is 0 Å². The molecule has 4 nitrogen and oxygen atoms in total. The van der Waals surface area contributed by atoms with Crippen LogP contribution >= 0.6 is 15.9 Å². The van der Waals surface area contributed by atoms with Crippen LogP contribution < -0.4 is 14.8 Å². The van der Waals surface area contributed by atoms with Gasteiger partial charge in [0, 0.05) is 21.8 Å². The number of benzene rings is 2. The zero-order chi connectivity index (χ0) is 18.8. The summed E-state index contributed by atoms with van der Waals surface area (Å²) in [4.78, 5) is 12.2. The van der Waals surface area contributed by atoms with Crippen LogP contribution in [0.15, 0.2) is 53.0 Å². The highest BCUT2D eigenvalue weighted by Gasteiger charge is 2.03. The number of hydrogen-bond acceptors (Lipinski definition) is 3. The zero-order valence-corrected chi connectivity index (χ0v) is 16.7. The Morgan fingerprint density at radius 1 is 1.12 bits per heavy atom. The third-order valence-corrected chi connectivity index (χ3v) is 4.07. The normalized spacial score (nSPS) is 10.7. The average molecular weight is 418 g/mol. The molecule has 2 rings (SSSR count). The molecule has 0 radical (unpaired) electrons. The monoisotopic (exact) mass is 417 g/mol. The van der Waals surface area contributed by atoms with Crippen molar-refractivity contribution in [3.8, 4) is 11.5 Å². The molecule has 1 amide bonds. The van der Waals surface area contributed by atoms with Crippen LogP contribution in [0.4, 0.5) is 5.69 Å². The highest BCUT2D eigenvalue weighted by molar-refractivity contribution is 9.10. The summed E-state index contributed by atoms with van der Waals surface area (Å²) >= 11 is 3.44. The number of nitrogens with one attached hydrogen (secondary N) is 1. The van der Waals surface area contributed by atoms with Gasteiger partial charge in [0.05, 0.1) is 13.2 Å². The second-order valence-electron chi connectivity index (χ2n) is 5.66. The molecule has 0 aliphatic heterocycles. The van der Waals surface area contributed by atoms with E-state index in [0.29, 0.717) is 13.2 Å². The van der Waals surface area contributed by atoms with Gasteiger partial charge in [-0.1, -0.05) is 29.3 Å². The maximum Gasteiger partial charge on any atom is 0.248 e. The van der Waals surface area contributed by atoms with Crippen LogP contribution in [-0.2, 0) is 4.79 Å². The zero-order valence-electron chi connectivity index (χ0n) is 15.1. The summed E-state index contributed by atoms with van der Waals surface area (Å²) in [5.41, 5.74) is 1.57. The van der Waals surface area contributed by atoms with Gasteiger partial charge in [0.15, 0.2) is 0 Å². The molecule has 0 unspecified atom stereocenters. The largest absolute Gasteiger partial charge is 0.494 e. The molecule has 0 atom stereocenters. The van der Waals surface area contributed by atoms with Gasteiger partial charge in [0.1, 0.15) is 11.5 Å². The fraction of sp³-hybridized carbons (Fsp3) is 0.286. The molecule has 0 aliphatic rings. The minimum Gasteiger partial charge on any atom is -0.494 e. The molecule has 0 fully saturated rings. The second-order valence-corrected chi connectivity index (χ2v) is 6.58. The van der Waals surface area contributed by atoms with E-state index in [9.17, 15) is 4.79 Å². The van der Waals surface area contributed by atoms with Crippen molar-refractivity contribution in [3.05, 3.63) is 58.6 Å². The number of ether oxygens (including phenoxy) is 2. The average Bonchev–Trinajstić information content (AvgIpc) is 2.64. The Kier molecular flexibility index (Phi) is 8.22. The van der Waals surface area contributed by atoms with E-state index >= 15 is 0 Å². The highest BCUT2D eigenvalue weighted by Crippen LogP contribution is 2.24. The summed E-state index contributed by atoms with van der Waals surface area (Å²) in [6, 6.07) is 13.1. The van der Waals surface area contributed by atoms with Crippen molar-refractivity contribution in [1.82, 2.24) is 0 Å². The minimum absolute atomic E-state index is 0.202. The van der Waals surface area contributed by atoms with Crippen LogP contribution in [-0.4, -0.2) is 19.1 Å². The molecule has 0 aliphatic carbocycles. The van der Waals surface area contributed by atoms with Crippen LogP contribution in [0, 0.1) is 0 Å². The van der Waals surface area contributed by atoms with E-state index in [4.69, 9.17) is 9.47 Å². The molecule has 2 aromatic carbocycles. The lowest BCUT2D eigenvalue weighted by Crippen LogP contribution is -2.07. The van der Waals surface area contributed by atoms with Gasteiger partial charge in [-0.05, 0) is 61.9 Å². The molecule has 0 saturated heterocycles. The predicted molar refractivity (Wildman–Crippen MR) is 110 cm³/mol. The van der Waals surface area contributed by atoms with Crippen LogP contribution in [0.2, 0.25) is 0 Å². The van der Waals surface area contributed by atoms with Crippen LogP contribution in [0.3, 0.4) is 0 Å². The molecule has 138 valence electrons. The lowest BCUT2D eigenvalue weighted by atomic mass is 10.2. The number of amides is 1. The molecule has 26 heavy (non-hydrogen) atoms. The van der Waals surface area contributed by atoms with Crippen molar-refractivity contribution in [2.75, 3.05) is 18.5 Å². The first-order valence-electron chi connectivity index (χ1n) is 8.76. The van der Waals surface area contributed by atoms with Crippen LogP contribution in [0.5, 0.6) is 11.5 Å². The SMILES string of the molecule is CCCCOc1ccc(NC(=O)/C=C/c2cc(Br)ccc2OCC)cc1. The molecule has 1 N–H and O–H groups in total. The molecule has 2 aromatic rings. The van der Waals surface area contributed by atoms with Crippen molar-refractivity contribution in [1.29, 1.82) is 0 Å². The molecule has 5 heteroatoms. The number of unbranched alkanes of at least 4 members (excludes halogenated alkanes) is 1. The van der Waals surface area contributed by atoms with Gasteiger partial charge in [-0.3, -0.25) is 4.79 Å². The predicted octanol–water partition coefficient (Wildman–Crippen LogP) is 5.68. The molecule has 0 heterocycles. The fourth-order valence-corrected chi connectivity index (χ4v) is 2.63. The first-order valence-corrected chi connectivity index (χ1v) is 9.56. The third-order valence-electron chi connectivity index (χ3n) is 3.57. The Balaban J connectivity index is 1.96. The molecule has 0 spiro atoms. The smallest absolute Gasteiger partial charge is 0.248 e. The summed E-state index contributed by atoms with van der Waals surface area (Å²) in [5.74, 6) is 1.35. The van der Waals surface area contributed by atoms with Gasteiger partial charge in [-0.25, -0.2) is 0 Å². The first kappa shape index (κ1) is 20.0. The van der Waals surface area contributed by atoms with E-state index in [1.807, 2.05) is 49.4 Å². The van der Waals surface area contributed by atoms with Gasteiger partial charge < -0.3 is 14.8 Å². The summed E-state index contributed by atoms with van der Waals surface area (Å²) in [6.07, 6.45) is 5.37. The molecule has 0 aromatic heterocycles. The van der Waals surface area contributed by atoms with Gasteiger partial charge in [0.25, 0.3) is 0 Å². The van der Waals surface area contributed by atoms with E-state index in [2.05, 4.69) is 28.2 Å². The third kappa shape index (κ3) is 6.56. The minimum atomic E-state index is -0.202. The summed E-state index contributed by atoms with van der Waals surface area (Å²) < 4.78 is 12.1. The van der Waals surface area contributed by atoms with Gasteiger partial charge in [0.2, 0.25) is 5.91 Å². The number of hydrogen-bond donors (Lipinski definition) is 1. The molecular weight excluding hydrogens is 394 g/mol. The van der Waals surface area contributed by atoms with E-state index in [1.165, 1.54) is 6.08 Å². The number of carbonyl (C=O) groups excluding carboxylic acids is 1. The first-order chi connectivity index (χ1) is 12.6. The Bertz CT molecular complexity index is 741. The van der Waals surface area contributed by atoms with Gasteiger partial charge in [-0.15, -0.1) is 0 Å². The molecular formula is C21H24BrNO3. The second kappa shape index (κ2) is 10.7. The van der Waals surface area contributed by atoms with E-state index < -0.39 is 0 Å². The standard InChI is InChI=1S/C21H24BrNO3/c1-3-5-14-26-19-10-8-18(9-11-19)23-21(24)13-6-16-15-17(22)7-12-20(16)25-4-2/h6-13,15H,3-5,14H2,1-2H3,(H,23,24)/b13-6+. The number of anilines is 1. The van der Waals surface area contributed by atoms with Gasteiger partial charge >= 0.3 is 0 Å². The van der Waals surface area contributed by atoms with E-state index in [-0.39, 0.29) is 5.91 Å². The quantitative estimate of drug-likeness (QED) is 0.421. The Labute approximate surface area is 163 Å². The lowest BCUT2D eigenvalue weighted by molar-refractivity contribution is -0.111. The van der Waals surface area contributed by atoms with Crippen LogP contribution in [0.1, 0.15) is 32.3 Å². The Morgan fingerprint density at radius 2 is 1.88 bits per heavy atom. The maximum atomic E-state index is 12.2. The van der Waals surface area contributed by atoms with E-state index in [0.717, 1.165) is 40.1 Å². The Hall–Kier alpha value is -2.27. The fourth-order valence-electron chi connectivity index (χ4n) is 2.25. The number of rotatable bonds is 9. The van der Waals surface area contributed by atoms with Crippen molar-refractivity contribution in [3.63, 3.8) is 0 Å². The number of halogens is 1. The van der Waals surface area contributed by atoms with Gasteiger partial charge in [-0.2, -0.15) is 0 Å². The number of carbonyl (C=O) groups is 1. The molecule has 0 bridgehead atoms. The summed E-state index contributed by atoms with van der Waals surface area (Å²) in [6.45, 7) is 5.33. The Morgan fingerprint density at radius 3 is 2.58 bits per heavy atom. The maximum absolute atomic E-state index is 12.2. The molecule has 0 saturated carbocycles. The summed E-state index contributed by atoms with van der Waals surface area (Å²) in [7, 11) is 0. The highest BCUT2D eigenvalue weighted by atomic mass is 79.9.